The summed E-state index contributed by atoms with van der Waals surface area (Å²) in [6.45, 7) is 1.91. The van der Waals surface area contributed by atoms with Gasteiger partial charge in [0.1, 0.15) is 0 Å². The van der Waals surface area contributed by atoms with Crippen LogP contribution in [0, 0.1) is 0 Å². The molecule has 3 rings (SSSR count). The highest BCUT2D eigenvalue weighted by Crippen LogP contribution is 2.19. The molecule has 0 heterocycles. The van der Waals surface area contributed by atoms with Crippen LogP contribution in [0.25, 0.3) is 0 Å². The Balaban J connectivity index is 1.66. The number of halogens is 1. The molecule has 0 fully saturated rings. The van der Waals surface area contributed by atoms with Gasteiger partial charge in [-0.05, 0) is 61.0 Å². The zero-order valence-corrected chi connectivity index (χ0v) is 17.5. The summed E-state index contributed by atoms with van der Waals surface area (Å²) < 4.78 is 28.2. The molecule has 1 unspecified atom stereocenters. The van der Waals surface area contributed by atoms with E-state index >= 15 is 0 Å². The summed E-state index contributed by atoms with van der Waals surface area (Å²) in [4.78, 5) is 12.6. The van der Waals surface area contributed by atoms with Crippen LogP contribution in [0.2, 0.25) is 0 Å². The van der Waals surface area contributed by atoms with Crippen molar-refractivity contribution >= 4 is 37.5 Å². The lowest BCUT2D eigenvalue weighted by Crippen LogP contribution is -2.26. The average molecular weight is 459 g/mol. The Hall–Kier alpha value is -2.64. The first kappa shape index (κ1) is 20.1. The topological polar surface area (TPSA) is 75.3 Å². The summed E-state index contributed by atoms with van der Waals surface area (Å²) in [6, 6.07) is 22.0. The van der Waals surface area contributed by atoms with Crippen LogP contribution in [0.1, 0.15) is 28.9 Å². The SMILES string of the molecule is CC(NC(=O)c1ccc(NS(=O)(=O)c2ccccc2)cc1)c1ccc(Br)cc1. The fourth-order valence-electron chi connectivity index (χ4n) is 2.62. The Morgan fingerprint density at radius 3 is 2.11 bits per heavy atom. The Bertz CT molecular complexity index is 1050. The quantitative estimate of drug-likeness (QED) is 0.559. The largest absolute Gasteiger partial charge is 0.346 e. The number of anilines is 1. The van der Waals surface area contributed by atoms with Gasteiger partial charge >= 0.3 is 0 Å². The van der Waals surface area contributed by atoms with Gasteiger partial charge in [0.05, 0.1) is 10.9 Å². The lowest BCUT2D eigenvalue weighted by Gasteiger charge is -2.15. The predicted molar refractivity (Wildman–Crippen MR) is 114 cm³/mol. The van der Waals surface area contributed by atoms with Crippen molar-refractivity contribution in [3.63, 3.8) is 0 Å². The summed E-state index contributed by atoms with van der Waals surface area (Å²) in [7, 11) is -3.66. The highest BCUT2D eigenvalue weighted by molar-refractivity contribution is 9.10. The minimum absolute atomic E-state index is 0.156. The molecule has 28 heavy (non-hydrogen) atoms. The first-order valence-corrected chi connectivity index (χ1v) is 10.9. The Morgan fingerprint density at radius 2 is 1.50 bits per heavy atom. The molecule has 0 saturated heterocycles. The maximum atomic E-state index is 12.5. The predicted octanol–water partition coefficient (Wildman–Crippen LogP) is 4.74. The van der Waals surface area contributed by atoms with Crippen molar-refractivity contribution in [1.29, 1.82) is 0 Å². The van der Waals surface area contributed by atoms with Gasteiger partial charge in [-0.2, -0.15) is 0 Å². The molecule has 0 aromatic heterocycles. The minimum Gasteiger partial charge on any atom is -0.346 e. The van der Waals surface area contributed by atoms with E-state index in [0.29, 0.717) is 11.3 Å². The van der Waals surface area contributed by atoms with Crippen LogP contribution in [0.3, 0.4) is 0 Å². The van der Waals surface area contributed by atoms with Crippen LogP contribution >= 0.6 is 15.9 Å². The molecule has 0 aliphatic heterocycles. The fourth-order valence-corrected chi connectivity index (χ4v) is 3.96. The summed E-state index contributed by atoms with van der Waals surface area (Å²) in [5.41, 5.74) is 1.83. The van der Waals surface area contributed by atoms with E-state index in [0.717, 1.165) is 10.0 Å². The van der Waals surface area contributed by atoms with E-state index in [1.165, 1.54) is 12.1 Å². The lowest BCUT2D eigenvalue weighted by molar-refractivity contribution is 0.0940. The number of carbonyl (C=O) groups is 1. The molecule has 0 spiro atoms. The van der Waals surface area contributed by atoms with Gasteiger partial charge in [0.25, 0.3) is 15.9 Å². The van der Waals surface area contributed by atoms with Crippen molar-refractivity contribution in [2.24, 2.45) is 0 Å². The van der Waals surface area contributed by atoms with E-state index in [-0.39, 0.29) is 16.8 Å². The van der Waals surface area contributed by atoms with E-state index in [1.807, 2.05) is 31.2 Å². The molecular formula is C21H19BrN2O3S. The molecule has 3 aromatic carbocycles. The fraction of sp³-hybridized carbons (Fsp3) is 0.0952. The summed E-state index contributed by atoms with van der Waals surface area (Å²) in [5.74, 6) is -0.229. The Kier molecular flexibility index (Phi) is 6.16. The molecule has 0 aliphatic rings. The van der Waals surface area contributed by atoms with Gasteiger partial charge < -0.3 is 5.32 Å². The van der Waals surface area contributed by atoms with Crippen molar-refractivity contribution in [2.45, 2.75) is 17.9 Å². The first-order valence-electron chi connectivity index (χ1n) is 8.59. The van der Waals surface area contributed by atoms with Crippen molar-refractivity contribution in [2.75, 3.05) is 4.72 Å². The second-order valence-corrected chi connectivity index (χ2v) is 8.84. The van der Waals surface area contributed by atoms with Gasteiger partial charge in [0, 0.05) is 15.7 Å². The molecule has 3 aromatic rings. The number of hydrogen-bond donors (Lipinski definition) is 2. The van der Waals surface area contributed by atoms with E-state index in [2.05, 4.69) is 26.0 Å². The Labute approximate surface area is 173 Å². The molecule has 0 bridgehead atoms. The third kappa shape index (κ3) is 4.99. The number of benzene rings is 3. The maximum Gasteiger partial charge on any atom is 0.261 e. The summed E-state index contributed by atoms with van der Waals surface area (Å²) in [6.07, 6.45) is 0. The third-order valence-electron chi connectivity index (χ3n) is 4.17. The smallest absolute Gasteiger partial charge is 0.261 e. The van der Waals surface area contributed by atoms with Crippen LogP contribution < -0.4 is 10.0 Å². The van der Waals surface area contributed by atoms with E-state index in [9.17, 15) is 13.2 Å². The Morgan fingerprint density at radius 1 is 0.893 bits per heavy atom. The van der Waals surface area contributed by atoms with E-state index in [1.54, 1.807) is 42.5 Å². The van der Waals surface area contributed by atoms with Gasteiger partial charge in [-0.25, -0.2) is 8.42 Å². The standard InChI is InChI=1S/C21H19BrN2O3S/c1-15(16-7-11-18(22)12-8-16)23-21(25)17-9-13-19(14-10-17)24-28(26,27)20-5-3-2-4-6-20/h2-15,24H,1H3,(H,23,25). The zero-order valence-electron chi connectivity index (χ0n) is 15.1. The van der Waals surface area contributed by atoms with Crippen molar-refractivity contribution < 1.29 is 13.2 Å². The van der Waals surface area contributed by atoms with Gasteiger partial charge in [-0.1, -0.05) is 46.3 Å². The summed E-state index contributed by atoms with van der Waals surface area (Å²) >= 11 is 3.39. The van der Waals surface area contributed by atoms with Crippen molar-refractivity contribution in [1.82, 2.24) is 5.32 Å². The normalized spacial score (nSPS) is 12.2. The first-order chi connectivity index (χ1) is 13.3. The number of nitrogens with one attached hydrogen (secondary N) is 2. The minimum atomic E-state index is -3.66. The zero-order chi connectivity index (χ0) is 20.1. The molecule has 5 nitrogen and oxygen atoms in total. The molecule has 1 amide bonds. The number of carbonyl (C=O) groups excluding carboxylic acids is 1. The lowest BCUT2D eigenvalue weighted by atomic mass is 10.1. The average Bonchev–Trinajstić information content (AvgIpc) is 2.69. The molecule has 0 radical (unpaired) electrons. The van der Waals surface area contributed by atoms with E-state index in [4.69, 9.17) is 0 Å². The van der Waals surface area contributed by atoms with Crippen LogP contribution in [0.4, 0.5) is 5.69 Å². The van der Waals surface area contributed by atoms with E-state index < -0.39 is 10.0 Å². The number of sulfonamides is 1. The molecular weight excluding hydrogens is 440 g/mol. The number of hydrogen-bond acceptors (Lipinski definition) is 3. The van der Waals surface area contributed by atoms with Gasteiger partial charge in [-0.3, -0.25) is 9.52 Å². The van der Waals surface area contributed by atoms with Crippen LogP contribution in [-0.2, 0) is 10.0 Å². The van der Waals surface area contributed by atoms with Crippen molar-refractivity contribution in [3.8, 4) is 0 Å². The molecule has 0 saturated carbocycles. The van der Waals surface area contributed by atoms with Crippen molar-refractivity contribution in [3.05, 3.63) is 94.5 Å². The molecule has 7 heteroatoms. The van der Waals surface area contributed by atoms with Crippen LogP contribution in [0.5, 0.6) is 0 Å². The summed E-state index contributed by atoms with van der Waals surface area (Å²) in [5, 5.41) is 2.93. The van der Waals surface area contributed by atoms with Crippen LogP contribution in [-0.4, -0.2) is 14.3 Å². The van der Waals surface area contributed by atoms with Gasteiger partial charge in [-0.15, -0.1) is 0 Å². The second kappa shape index (κ2) is 8.58. The number of rotatable bonds is 6. The monoisotopic (exact) mass is 458 g/mol. The highest BCUT2D eigenvalue weighted by atomic mass is 79.9. The highest BCUT2D eigenvalue weighted by Gasteiger charge is 2.15. The van der Waals surface area contributed by atoms with Gasteiger partial charge in [0.15, 0.2) is 0 Å². The number of amides is 1. The maximum absolute atomic E-state index is 12.5. The molecule has 144 valence electrons. The molecule has 0 aliphatic carbocycles. The second-order valence-electron chi connectivity index (χ2n) is 6.24. The van der Waals surface area contributed by atoms with Gasteiger partial charge in [0.2, 0.25) is 0 Å². The molecule has 1 atom stereocenters. The third-order valence-corrected chi connectivity index (χ3v) is 6.10. The molecule has 2 N–H and O–H groups in total. The van der Waals surface area contributed by atoms with Crippen LogP contribution in [0.15, 0.2) is 88.2 Å².